The first-order valence-corrected chi connectivity index (χ1v) is 26.3. The van der Waals surface area contributed by atoms with Crippen LogP contribution in [0.25, 0.3) is 24.3 Å². The fraction of sp³-hybridized carbons (Fsp3) is 0.458. The van der Waals surface area contributed by atoms with E-state index in [0.717, 1.165) is 49.7 Å². The van der Waals surface area contributed by atoms with E-state index in [9.17, 15) is 65.8 Å². The van der Waals surface area contributed by atoms with E-state index in [0.29, 0.717) is 30.6 Å². The number of aliphatic hydroxyl groups is 7. The van der Waals surface area contributed by atoms with Crippen LogP contribution in [-0.2, 0) is 28.5 Å². The smallest absolute Gasteiger partial charge is 0.306 e. The van der Waals surface area contributed by atoms with Gasteiger partial charge in [-0.2, -0.15) is 0 Å². The van der Waals surface area contributed by atoms with Crippen LogP contribution in [0.3, 0.4) is 0 Å². The van der Waals surface area contributed by atoms with Crippen LogP contribution in [-0.4, -0.2) is 149 Å². The fourth-order valence-corrected chi connectivity index (χ4v) is 7.90. The molecule has 10 atom stereocenters. The van der Waals surface area contributed by atoms with Crippen molar-refractivity contribution in [2.45, 2.75) is 152 Å². The number of rotatable bonds is 25. The number of phenolic OH excluding ortho intramolecular Hbond substituents is 4. The van der Waals surface area contributed by atoms with Gasteiger partial charge in [0.2, 0.25) is 12.6 Å². The van der Waals surface area contributed by atoms with E-state index in [4.69, 9.17) is 28.4 Å². The molecular formula is C59H78O19. The highest BCUT2D eigenvalue weighted by atomic mass is 16.7. The van der Waals surface area contributed by atoms with Gasteiger partial charge in [0.25, 0.3) is 0 Å². The van der Waals surface area contributed by atoms with Crippen LogP contribution in [0.2, 0.25) is 0 Å². The molecular weight excluding hydrogens is 1010 g/mol. The number of hydrogen-bond acceptors (Lipinski definition) is 19. The number of esters is 2. The van der Waals surface area contributed by atoms with Gasteiger partial charge in [-0.25, -0.2) is 0 Å². The molecule has 0 saturated carbocycles. The average Bonchev–Trinajstić information content (AvgIpc) is 3.44. The van der Waals surface area contributed by atoms with Crippen LogP contribution < -0.4 is 9.47 Å². The van der Waals surface area contributed by atoms with Crippen LogP contribution in [0.4, 0.5) is 0 Å². The number of aromatic hydroxyl groups is 4. The van der Waals surface area contributed by atoms with Crippen molar-refractivity contribution in [3.05, 3.63) is 120 Å². The van der Waals surface area contributed by atoms with Gasteiger partial charge in [-0.3, -0.25) is 9.59 Å². The van der Waals surface area contributed by atoms with Crippen molar-refractivity contribution < 1.29 is 94.2 Å². The first-order valence-electron chi connectivity index (χ1n) is 26.3. The number of benzene rings is 4. The fourth-order valence-electron chi connectivity index (χ4n) is 7.90. The van der Waals surface area contributed by atoms with E-state index in [2.05, 4.69) is 20.4 Å². The van der Waals surface area contributed by atoms with Crippen molar-refractivity contribution in [2.24, 2.45) is 0 Å². The van der Waals surface area contributed by atoms with E-state index in [-0.39, 0.29) is 53.5 Å². The Bertz CT molecular complexity index is 2440. The summed E-state index contributed by atoms with van der Waals surface area (Å²) < 4.78 is 32.2. The Hall–Kier alpha value is -6.52. The second-order valence-corrected chi connectivity index (χ2v) is 18.8. The third kappa shape index (κ3) is 22.4. The Morgan fingerprint density at radius 2 is 0.885 bits per heavy atom. The van der Waals surface area contributed by atoms with Crippen molar-refractivity contribution in [1.29, 1.82) is 0 Å². The van der Waals surface area contributed by atoms with Crippen LogP contribution in [0.1, 0.15) is 113 Å². The predicted octanol–water partition coefficient (Wildman–Crippen LogP) is 6.88. The lowest BCUT2D eigenvalue weighted by molar-refractivity contribution is -0.278. The summed E-state index contributed by atoms with van der Waals surface area (Å²) in [4.78, 5) is 23.0. The molecule has 19 nitrogen and oxygen atoms in total. The number of aliphatic hydroxyl groups excluding tert-OH is 7. The molecule has 11 N–H and O–H groups in total. The van der Waals surface area contributed by atoms with Gasteiger partial charge in [0, 0.05) is 25.0 Å². The van der Waals surface area contributed by atoms with E-state index in [1.54, 1.807) is 91.0 Å². The third-order valence-electron chi connectivity index (χ3n) is 12.3. The molecule has 78 heavy (non-hydrogen) atoms. The Balaban J connectivity index is 0.000000281. The Kier molecular flexibility index (Phi) is 28.2. The molecule has 10 unspecified atom stereocenters. The number of carbonyl (C=O) groups excluding carboxylic acids is 2. The average molecular weight is 1090 g/mol. The Labute approximate surface area is 455 Å². The zero-order valence-corrected chi connectivity index (χ0v) is 44.2. The summed E-state index contributed by atoms with van der Waals surface area (Å²) in [6.07, 6.45) is 5.96. The van der Waals surface area contributed by atoms with Gasteiger partial charge < -0.3 is 84.6 Å². The molecule has 0 radical (unpaired) electrons. The maximum Gasteiger partial charge on any atom is 0.306 e. The molecule has 2 aliphatic heterocycles. The molecule has 4 aromatic carbocycles. The first kappa shape index (κ1) is 64.0. The molecule has 0 aromatic heterocycles. The second-order valence-electron chi connectivity index (χ2n) is 18.8. The van der Waals surface area contributed by atoms with Gasteiger partial charge in [-0.05, 0) is 83.6 Å². The quantitative estimate of drug-likeness (QED) is 0.0139. The molecule has 0 spiro atoms. The lowest BCUT2D eigenvalue weighted by Crippen LogP contribution is -2.60. The molecule has 428 valence electrons. The van der Waals surface area contributed by atoms with Gasteiger partial charge in [-0.15, -0.1) is 0 Å². The molecule has 0 amide bonds. The number of hydrogen-bond donors (Lipinski definition) is 11. The number of ether oxygens (including phenoxy) is 6. The minimum atomic E-state index is -1.59. The first-order chi connectivity index (χ1) is 37.4. The zero-order valence-electron chi connectivity index (χ0n) is 44.2. The monoisotopic (exact) mass is 1090 g/mol. The minimum Gasteiger partial charge on any atom is -0.508 e. The molecule has 6 rings (SSSR count). The largest absolute Gasteiger partial charge is 0.508 e. The Morgan fingerprint density at radius 1 is 0.487 bits per heavy atom. The minimum absolute atomic E-state index is 0.0903. The molecule has 2 aliphatic rings. The molecule has 4 aromatic rings. The molecule has 0 bridgehead atoms. The van der Waals surface area contributed by atoms with Crippen molar-refractivity contribution in [1.82, 2.24) is 0 Å². The maximum atomic E-state index is 12.0. The summed E-state index contributed by atoms with van der Waals surface area (Å²) in [5, 5.41) is 109. The van der Waals surface area contributed by atoms with E-state index in [1.807, 2.05) is 0 Å². The van der Waals surface area contributed by atoms with Gasteiger partial charge in [0.15, 0.2) is 0 Å². The highest BCUT2D eigenvalue weighted by Gasteiger charge is 2.46. The van der Waals surface area contributed by atoms with E-state index < -0.39 is 74.0 Å². The normalized spacial score (nSPS) is 22.8. The zero-order chi connectivity index (χ0) is 57.0. The number of unbranched alkanes of at least 4 members (excludes halogenated alkanes) is 8. The van der Waals surface area contributed by atoms with Crippen molar-refractivity contribution in [3.8, 4) is 34.5 Å². The summed E-state index contributed by atoms with van der Waals surface area (Å²) in [7, 11) is 0. The topological polar surface area (TPSA) is 312 Å². The molecule has 2 saturated heterocycles. The summed E-state index contributed by atoms with van der Waals surface area (Å²) >= 11 is 0. The molecule has 2 heterocycles. The SMILES string of the molecule is C=CCOC(=O)CCCCCCC.CCCCCCCC(=O)OCC1OC(Oc2cc(O)cc(/C=C/c3ccc(O)cc3)c2)C(O)C(O)C1O.OCC1OC(Oc2cc(O)cc(/C=C/c3ccc(O)cc3)c2)C(O)C(O)C1O. The van der Waals surface area contributed by atoms with Crippen LogP contribution in [0, 0.1) is 0 Å². The van der Waals surface area contributed by atoms with Crippen LogP contribution in [0.5, 0.6) is 34.5 Å². The van der Waals surface area contributed by atoms with E-state index >= 15 is 0 Å². The standard InChI is InChI=1S/C28H36O9.C20H22O8.C11H20O2/c1-2-3-4-5-6-7-24(31)35-17-23-25(32)26(33)27(34)28(37-23)36-22-15-19(14-21(30)16-22)9-8-18-10-12-20(29)13-11-18;21-10-16-17(24)18(25)19(26)20(28-16)27-15-8-12(7-14(23)9-15)2-1-11-3-5-13(22)6-4-11;1-3-5-6-7-8-9-11(12)13-10-4-2/h8-16,23,25-30,32-34H,2-7,17H2,1H3;1-9,16-26H,10H2;4H,2-3,5-10H2,1H3/b9-8+;2-1+;. The highest BCUT2D eigenvalue weighted by Crippen LogP contribution is 2.31. The maximum absolute atomic E-state index is 12.0. The van der Waals surface area contributed by atoms with Crippen molar-refractivity contribution >= 4 is 36.2 Å². The van der Waals surface area contributed by atoms with Crippen LogP contribution in [0.15, 0.2) is 97.6 Å². The molecule has 2 fully saturated rings. The van der Waals surface area contributed by atoms with E-state index in [1.165, 1.54) is 43.5 Å². The predicted molar refractivity (Wildman–Crippen MR) is 291 cm³/mol. The number of phenols is 4. The second kappa shape index (κ2) is 34.4. The van der Waals surface area contributed by atoms with Gasteiger partial charge in [-0.1, -0.05) is 126 Å². The van der Waals surface area contributed by atoms with Crippen molar-refractivity contribution in [2.75, 3.05) is 19.8 Å². The summed E-state index contributed by atoms with van der Waals surface area (Å²) in [5.74, 6) is -0.0929. The molecule has 0 aliphatic carbocycles. The summed E-state index contributed by atoms with van der Waals surface area (Å²) in [6, 6.07) is 21.9. The highest BCUT2D eigenvalue weighted by molar-refractivity contribution is 5.72. The van der Waals surface area contributed by atoms with Crippen molar-refractivity contribution in [3.63, 3.8) is 0 Å². The Morgan fingerprint density at radius 3 is 1.31 bits per heavy atom. The van der Waals surface area contributed by atoms with Gasteiger partial charge in [0.05, 0.1) is 6.61 Å². The molecule has 19 heteroatoms. The third-order valence-corrected chi connectivity index (χ3v) is 12.3. The lowest BCUT2D eigenvalue weighted by atomic mass is 9.99. The summed E-state index contributed by atoms with van der Waals surface area (Å²) in [6.45, 7) is 7.24. The number of carbonyl (C=O) groups is 2. The van der Waals surface area contributed by atoms with Gasteiger partial charge in [0.1, 0.15) is 96.5 Å². The van der Waals surface area contributed by atoms with Crippen LogP contribution >= 0.6 is 0 Å². The van der Waals surface area contributed by atoms with Gasteiger partial charge >= 0.3 is 11.9 Å². The lowest BCUT2D eigenvalue weighted by Gasteiger charge is -2.39. The summed E-state index contributed by atoms with van der Waals surface area (Å²) in [5.41, 5.74) is 2.83.